The third-order valence-electron chi connectivity index (χ3n) is 10.6. The average Bonchev–Trinajstić information content (AvgIpc) is 3.77. The van der Waals surface area contributed by atoms with Gasteiger partial charge in [0, 0.05) is 43.9 Å². The summed E-state index contributed by atoms with van der Waals surface area (Å²) in [5.41, 5.74) is 10.6. The third-order valence-corrected chi connectivity index (χ3v) is 10.6. The number of anilines is 3. The van der Waals surface area contributed by atoms with Crippen LogP contribution >= 0.6 is 0 Å². The van der Waals surface area contributed by atoms with Gasteiger partial charge >= 0.3 is 0 Å². The van der Waals surface area contributed by atoms with Crippen LogP contribution in [0.5, 0.6) is 0 Å². The minimum Gasteiger partial charge on any atom is -0.319 e. The van der Waals surface area contributed by atoms with E-state index in [0.29, 0.717) is 0 Å². The molecule has 1 N–H and O–H groups in total. The third kappa shape index (κ3) is 5.67. The number of aromatic nitrogens is 2. The maximum Gasteiger partial charge on any atom is 0.145 e. The summed E-state index contributed by atoms with van der Waals surface area (Å²) in [7, 11) is 1.98. The first-order valence-corrected chi connectivity index (χ1v) is 18.2. The molecule has 0 saturated heterocycles. The van der Waals surface area contributed by atoms with Crippen LogP contribution in [-0.4, -0.2) is 21.5 Å². The first kappa shape index (κ1) is 34.5. The standard InChI is InChI=1S/C49H34N4O.Pt/c1-51-45-26-13-14-27-46(45)53(54-51)41-23-15-22-39(33-41)49(37-18-7-3-8-19-37,38-20-9-4-10-21-38)40-28-29-43-42-24-11-12-25-44(42)52(47(43)34-40)48-32-36(30-31-50-48)35-16-5-2-6-17-35;/h2-32H,1H3;/q-2;/p+1. The topological polar surface area (TPSA) is 37.1 Å². The van der Waals surface area contributed by atoms with Crippen molar-refractivity contribution in [1.29, 1.82) is 0 Å². The van der Waals surface area contributed by atoms with E-state index in [1.807, 2.05) is 35.5 Å². The second kappa shape index (κ2) is 14.2. The summed E-state index contributed by atoms with van der Waals surface area (Å²) in [4.78, 5) is 9.90. The van der Waals surface area contributed by atoms with E-state index in [1.54, 1.807) is 0 Å². The van der Waals surface area contributed by atoms with E-state index in [9.17, 15) is 0 Å². The van der Waals surface area contributed by atoms with Crippen molar-refractivity contribution in [2.24, 2.45) is 0 Å². The van der Waals surface area contributed by atoms with Gasteiger partial charge in [-0.1, -0.05) is 127 Å². The van der Waals surface area contributed by atoms with Crippen LogP contribution in [0.4, 0.5) is 17.1 Å². The first-order valence-electron chi connectivity index (χ1n) is 18.2. The van der Waals surface area contributed by atoms with Gasteiger partial charge < -0.3 is 4.57 Å². The fourth-order valence-corrected chi connectivity index (χ4v) is 8.13. The summed E-state index contributed by atoms with van der Waals surface area (Å²) in [5.74, 6) is 0.841. The summed E-state index contributed by atoms with van der Waals surface area (Å²) in [6.45, 7) is 0. The Hall–Kier alpha value is -6.26. The summed E-state index contributed by atoms with van der Waals surface area (Å²) < 4.78 is 2.26. The number of fused-ring (bicyclic) bond motifs is 4. The Bertz CT molecular complexity index is 2750. The van der Waals surface area contributed by atoms with Crippen LogP contribution in [0.25, 0.3) is 38.8 Å². The largest absolute Gasteiger partial charge is 0.319 e. The second-order valence-corrected chi connectivity index (χ2v) is 13.6. The Morgan fingerprint density at radius 3 is 1.93 bits per heavy atom. The van der Waals surface area contributed by atoms with Gasteiger partial charge in [-0.05, 0) is 58.0 Å². The summed E-state index contributed by atoms with van der Waals surface area (Å²) in [6, 6.07) is 71.9. The Kier molecular flexibility index (Phi) is 8.90. The van der Waals surface area contributed by atoms with Gasteiger partial charge in [-0.2, -0.15) is 35.3 Å². The number of para-hydroxylation sites is 3. The molecule has 10 rings (SSSR count). The number of nitrogens with zero attached hydrogens (tertiary/aromatic N) is 4. The van der Waals surface area contributed by atoms with Crippen molar-refractivity contribution in [3.63, 3.8) is 0 Å². The van der Waals surface area contributed by atoms with Crippen molar-refractivity contribution >= 4 is 38.9 Å². The molecule has 0 aliphatic carbocycles. The Balaban J connectivity index is 0.00000397. The van der Waals surface area contributed by atoms with Gasteiger partial charge in [-0.25, -0.2) is 4.98 Å². The smallest absolute Gasteiger partial charge is 0.145 e. The Morgan fingerprint density at radius 1 is 0.545 bits per heavy atom. The van der Waals surface area contributed by atoms with Gasteiger partial charge in [0.15, 0.2) is 0 Å². The molecule has 0 bridgehead atoms. The Labute approximate surface area is 334 Å². The molecule has 3 heterocycles. The minimum atomic E-state index is -0.793. The molecule has 0 spiro atoms. The molecule has 0 atom stereocenters. The van der Waals surface area contributed by atoms with E-state index < -0.39 is 5.41 Å². The number of hydrogen-bond acceptors (Lipinski definition) is 3. The molecule has 0 unspecified atom stereocenters. The van der Waals surface area contributed by atoms with Crippen LogP contribution < -0.4 is 10.1 Å². The van der Waals surface area contributed by atoms with E-state index >= 15 is 0 Å². The van der Waals surface area contributed by atoms with Crippen LogP contribution in [0.1, 0.15) is 22.3 Å². The van der Waals surface area contributed by atoms with Crippen LogP contribution in [0.15, 0.2) is 188 Å². The molecule has 0 saturated carbocycles. The monoisotopic (exact) mass is 890 g/mol. The molecule has 5 nitrogen and oxygen atoms in total. The number of hydroxylamine groups is 1. The summed E-state index contributed by atoms with van der Waals surface area (Å²) in [6.07, 6.45) is 1.90. The van der Waals surface area contributed by atoms with Crippen molar-refractivity contribution < 1.29 is 26.0 Å². The van der Waals surface area contributed by atoms with Gasteiger partial charge in [0.05, 0.1) is 7.05 Å². The average molecular weight is 891 g/mol. The molecular weight excluding hydrogens is 856 g/mol. The van der Waals surface area contributed by atoms with Crippen molar-refractivity contribution in [3.8, 4) is 16.9 Å². The maximum absolute atomic E-state index is 4.97. The van der Waals surface area contributed by atoms with Crippen molar-refractivity contribution in [2.45, 2.75) is 5.41 Å². The quantitative estimate of drug-likeness (QED) is 0.0909. The van der Waals surface area contributed by atoms with Crippen LogP contribution in [-0.2, 0) is 26.5 Å². The number of rotatable bonds is 7. The van der Waals surface area contributed by atoms with E-state index in [2.05, 4.69) is 187 Å². The zero-order valence-corrected chi connectivity index (χ0v) is 32.2. The molecule has 1 aliphatic heterocycles. The number of pyridine rings is 1. The molecular formula is C49H35N4OPt-. The first-order chi connectivity index (χ1) is 26.7. The SMILES string of the molecule is CN1[OH+]N(c2[c-]c(C(c3[c-]c4c(cc3)c3ccccc3n4-c3cc(-c4ccccc4)ccn3)(c3ccccc3)c3ccccc3)ccc2)c2ccccc21.[Pt]. The molecule has 268 valence electrons. The molecule has 55 heavy (non-hydrogen) atoms. The van der Waals surface area contributed by atoms with Gasteiger partial charge in [-0.3, -0.25) is 0 Å². The van der Waals surface area contributed by atoms with Gasteiger partial charge in [0.1, 0.15) is 17.2 Å². The van der Waals surface area contributed by atoms with E-state index in [-0.39, 0.29) is 21.1 Å². The summed E-state index contributed by atoms with van der Waals surface area (Å²) in [5, 5.41) is 6.16. The molecule has 9 aromatic rings. The van der Waals surface area contributed by atoms with Crippen LogP contribution in [0.2, 0.25) is 0 Å². The molecule has 6 heteroatoms. The van der Waals surface area contributed by atoms with E-state index in [4.69, 9.17) is 9.92 Å². The van der Waals surface area contributed by atoms with Crippen molar-refractivity contribution in [2.75, 3.05) is 17.2 Å². The zero-order chi connectivity index (χ0) is 36.1. The molecule has 0 radical (unpaired) electrons. The van der Waals surface area contributed by atoms with Crippen LogP contribution in [0.3, 0.4) is 0 Å². The number of benzene rings is 7. The molecule has 1 aliphatic rings. The number of hydrogen-bond donors (Lipinski definition) is 0. The maximum atomic E-state index is 4.97. The predicted molar refractivity (Wildman–Crippen MR) is 219 cm³/mol. The predicted octanol–water partition coefficient (Wildman–Crippen LogP) is 11.3. The normalized spacial score (nSPS) is 12.5. The van der Waals surface area contributed by atoms with Gasteiger partial charge in [0.2, 0.25) is 0 Å². The molecule has 7 aromatic carbocycles. The van der Waals surface area contributed by atoms with Gasteiger partial charge in [0.25, 0.3) is 0 Å². The second-order valence-electron chi connectivity index (χ2n) is 13.6. The van der Waals surface area contributed by atoms with E-state index in [1.165, 1.54) is 0 Å². The van der Waals surface area contributed by atoms with E-state index in [0.717, 1.165) is 78.1 Å². The molecule has 0 fully saturated rings. The van der Waals surface area contributed by atoms with Gasteiger partial charge in [-0.15, -0.1) is 38.8 Å². The zero-order valence-electron chi connectivity index (χ0n) is 30.0. The fraction of sp³-hybridized carbons (Fsp3) is 0.0408. The van der Waals surface area contributed by atoms with Crippen molar-refractivity contribution in [3.05, 3.63) is 223 Å². The van der Waals surface area contributed by atoms with Crippen molar-refractivity contribution in [1.82, 2.24) is 9.55 Å². The summed E-state index contributed by atoms with van der Waals surface area (Å²) >= 11 is 0. The van der Waals surface area contributed by atoms with Crippen LogP contribution in [0, 0.1) is 12.1 Å². The minimum absolute atomic E-state index is 0. The molecule has 0 amide bonds. The molecule has 2 aromatic heterocycles. The fourth-order valence-electron chi connectivity index (χ4n) is 8.13. The Morgan fingerprint density at radius 2 is 1.18 bits per heavy atom.